The van der Waals surface area contributed by atoms with E-state index in [1.54, 1.807) is 24.3 Å². The molecule has 184 valence electrons. The second-order valence-corrected chi connectivity index (χ2v) is 8.43. The van der Waals surface area contributed by atoms with Gasteiger partial charge in [-0.3, -0.25) is 29.4 Å². The molecule has 2 heterocycles. The third kappa shape index (κ3) is 3.81. The van der Waals surface area contributed by atoms with Gasteiger partial charge in [0.2, 0.25) is 5.91 Å². The van der Waals surface area contributed by atoms with E-state index in [0.29, 0.717) is 5.69 Å². The molecule has 10 heteroatoms. The molecule has 3 atom stereocenters. The number of para-hydroxylation sites is 1. The van der Waals surface area contributed by atoms with Gasteiger partial charge >= 0.3 is 0 Å². The Balaban J connectivity index is 1.63. The van der Waals surface area contributed by atoms with Gasteiger partial charge in [0.25, 0.3) is 11.6 Å². The lowest BCUT2D eigenvalue weighted by Crippen LogP contribution is -2.37. The fourth-order valence-electron chi connectivity index (χ4n) is 4.79. The maximum atomic E-state index is 13.7. The van der Waals surface area contributed by atoms with Crippen molar-refractivity contribution in [2.24, 2.45) is 5.92 Å². The van der Waals surface area contributed by atoms with Crippen LogP contribution in [0.1, 0.15) is 17.2 Å². The zero-order chi connectivity index (χ0) is 25.4. The highest BCUT2D eigenvalue weighted by Crippen LogP contribution is 2.50. The van der Waals surface area contributed by atoms with E-state index in [1.807, 2.05) is 36.4 Å². The summed E-state index contributed by atoms with van der Waals surface area (Å²) < 4.78 is 10.7. The molecular weight excluding hydrogens is 466 g/mol. The number of imide groups is 1. The number of rotatable bonds is 7. The topological polar surface area (TPSA) is 111 Å². The van der Waals surface area contributed by atoms with E-state index in [0.717, 1.165) is 10.5 Å². The number of nitro benzene ring substituents is 1. The molecular formula is C26H23N3O7. The third-order valence-corrected chi connectivity index (χ3v) is 6.45. The lowest BCUT2D eigenvalue weighted by atomic mass is 9.89. The lowest BCUT2D eigenvalue weighted by molar-refractivity contribution is -0.385. The monoisotopic (exact) mass is 489 g/mol. The van der Waals surface area contributed by atoms with Gasteiger partial charge in [-0.25, -0.2) is 5.06 Å². The second kappa shape index (κ2) is 9.31. The molecule has 10 nitrogen and oxygen atoms in total. The van der Waals surface area contributed by atoms with E-state index in [2.05, 4.69) is 0 Å². The van der Waals surface area contributed by atoms with E-state index in [9.17, 15) is 19.7 Å². The smallest absolute Gasteiger partial charge is 0.278 e. The molecule has 3 aromatic carbocycles. The summed E-state index contributed by atoms with van der Waals surface area (Å²) in [6, 6.07) is 19.8. The minimum Gasteiger partial charge on any atom is -0.493 e. The van der Waals surface area contributed by atoms with E-state index in [4.69, 9.17) is 14.3 Å². The molecule has 0 spiro atoms. The van der Waals surface area contributed by atoms with E-state index < -0.39 is 34.8 Å². The normalized spacial score (nSPS) is 21.0. The van der Waals surface area contributed by atoms with Crippen LogP contribution in [0.25, 0.3) is 0 Å². The molecule has 2 saturated heterocycles. The molecule has 0 N–H and O–H groups in total. The third-order valence-electron chi connectivity index (χ3n) is 6.45. The van der Waals surface area contributed by atoms with Gasteiger partial charge in [-0.15, -0.1) is 0 Å². The summed E-state index contributed by atoms with van der Waals surface area (Å²) in [7, 11) is 2.80. The molecule has 0 radical (unpaired) electrons. The predicted octanol–water partition coefficient (Wildman–Crippen LogP) is 3.66. The molecule has 0 aliphatic carbocycles. The summed E-state index contributed by atoms with van der Waals surface area (Å²) in [5.41, 5.74) is 1.24. The summed E-state index contributed by atoms with van der Waals surface area (Å²) in [5, 5.41) is 13.5. The van der Waals surface area contributed by atoms with Crippen LogP contribution in [0.2, 0.25) is 0 Å². The number of anilines is 1. The maximum absolute atomic E-state index is 13.7. The Hall–Kier alpha value is -4.44. The van der Waals surface area contributed by atoms with Crippen LogP contribution in [0.3, 0.4) is 0 Å². The number of likely N-dealkylation sites (tertiary alicyclic amines) is 1. The Labute approximate surface area is 206 Å². The van der Waals surface area contributed by atoms with E-state index in [-0.39, 0.29) is 29.3 Å². The van der Waals surface area contributed by atoms with Gasteiger partial charge in [-0.05, 0) is 23.8 Å². The lowest BCUT2D eigenvalue weighted by Gasteiger charge is -2.29. The highest BCUT2D eigenvalue weighted by Gasteiger charge is 2.61. The molecule has 0 unspecified atom stereocenters. The van der Waals surface area contributed by atoms with Crippen LogP contribution in [0.4, 0.5) is 11.4 Å². The number of ether oxygens (including phenoxy) is 2. The highest BCUT2D eigenvalue weighted by atomic mass is 16.7. The number of nitrogens with zero attached hydrogens (tertiary/aromatic N) is 3. The summed E-state index contributed by atoms with van der Waals surface area (Å²) in [6.45, 7) is 0.0843. The van der Waals surface area contributed by atoms with Crippen LogP contribution in [0.5, 0.6) is 11.5 Å². The van der Waals surface area contributed by atoms with Gasteiger partial charge in [0.1, 0.15) is 12.0 Å². The summed E-state index contributed by atoms with van der Waals surface area (Å²) in [4.78, 5) is 45.9. The van der Waals surface area contributed by atoms with Crippen LogP contribution in [0.15, 0.2) is 72.8 Å². The molecule has 2 fully saturated rings. The Morgan fingerprint density at radius 2 is 1.53 bits per heavy atom. The molecule has 0 bridgehead atoms. The first-order chi connectivity index (χ1) is 17.4. The molecule has 3 aromatic rings. The summed E-state index contributed by atoms with van der Waals surface area (Å²) >= 11 is 0. The van der Waals surface area contributed by atoms with Crippen molar-refractivity contribution in [3.05, 3.63) is 94.0 Å². The zero-order valence-corrected chi connectivity index (χ0v) is 19.6. The van der Waals surface area contributed by atoms with E-state index >= 15 is 0 Å². The number of fused-ring (bicyclic) bond motifs is 1. The van der Waals surface area contributed by atoms with Crippen molar-refractivity contribution in [3.8, 4) is 11.5 Å². The summed E-state index contributed by atoms with van der Waals surface area (Å²) in [6.07, 6.45) is -1.13. The number of hydrogen-bond donors (Lipinski definition) is 0. The van der Waals surface area contributed by atoms with Crippen molar-refractivity contribution >= 4 is 23.2 Å². The van der Waals surface area contributed by atoms with Gasteiger partial charge in [0.05, 0.1) is 43.0 Å². The second-order valence-electron chi connectivity index (χ2n) is 8.43. The minimum absolute atomic E-state index is 0.0843. The van der Waals surface area contributed by atoms with Gasteiger partial charge in [0, 0.05) is 0 Å². The molecule has 2 amide bonds. The van der Waals surface area contributed by atoms with Crippen LogP contribution in [-0.4, -0.2) is 42.0 Å². The van der Waals surface area contributed by atoms with Crippen molar-refractivity contribution in [3.63, 3.8) is 0 Å². The van der Waals surface area contributed by atoms with Crippen molar-refractivity contribution in [1.29, 1.82) is 0 Å². The SMILES string of the molecule is COc1cc([C@@H]2[C@H]3C(=O)N(Cc4ccccc4)C(=O)[C@H]3ON2c2ccccc2)c([N+](=O)[O-])cc1OC. The number of hydroxylamine groups is 1. The van der Waals surface area contributed by atoms with Crippen molar-refractivity contribution < 1.29 is 28.8 Å². The first-order valence-corrected chi connectivity index (χ1v) is 11.2. The van der Waals surface area contributed by atoms with Gasteiger partial charge < -0.3 is 9.47 Å². The molecule has 0 aromatic heterocycles. The van der Waals surface area contributed by atoms with E-state index in [1.165, 1.54) is 31.4 Å². The fourth-order valence-corrected chi connectivity index (χ4v) is 4.79. The number of nitro groups is 1. The number of amides is 2. The molecule has 0 saturated carbocycles. The average Bonchev–Trinajstić information content (AvgIpc) is 3.40. The first-order valence-electron chi connectivity index (χ1n) is 11.2. The Morgan fingerprint density at radius 1 is 0.917 bits per heavy atom. The van der Waals surface area contributed by atoms with Crippen LogP contribution in [-0.2, 0) is 21.0 Å². The van der Waals surface area contributed by atoms with Crippen molar-refractivity contribution in [2.75, 3.05) is 19.3 Å². The largest absolute Gasteiger partial charge is 0.493 e. The first kappa shape index (κ1) is 23.3. The molecule has 2 aliphatic heterocycles. The number of methoxy groups -OCH3 is 2. The quantitative estimate of drug-likeness (QED) is 0.281. The Bertz CT molecular complexity index is 1320. The van der Waals surface area contributed by atoms with Crippen LogP contribution in [0, 0.1) is 16.0 Å². The average molecular weight is 489 g/mol. The Morgan fingerprint density at radius 3 is 2.14 bits per heavy atom. The standard InChI is InChI=1S/C26H23N3O7/c1-34-20-13-18(19(29(32)33)14-21(20)35-2)23-22-24(36-28(23)17-11-7-4-8-12-17)26(31)27(25(22)30)15-16-9-5-3-6-10-16/h3-14,22-24H,15H2,1-2H3/t22-,23-,24+/m1/s1. The van der Waals surface area contributed by atoms with Crippen LogP contribution >= 0.6 is 0 Å². The molecule has 36 heavy (non-hydrogen) atoms. The Kier molecular flexibility index (Phi) is 6.03. The maximum Gasteiger partial charge on any atom is 0.278 e. The minimum atomic E-state index is -1.13. The van der Waals surface area contributed by atoms with Gasteiger partial charge in [-0.2, -0.15) is 0 Å². The molecule has 2 aliphatic rings. The number of carbonyl (C=O) groups is 2. The number of hydrogen-bond acceptors (Lipinski definition) is 8. The van der Waals surface area contributed by atoms with Crippen LogP contribution < -0.4 is 14.5 Å². The fraction of sp³-hybridized carbons (Fsp3) is 0.231. The van der Waals surface area contributed by atoms with Gasteiger partial charge in [-0.1, -0.05) is 48.5 Å². The number of carbonyl (C=O) groups excluding carboxylic acids is 2. The zero-order valence-electron chi connectivity index (χ0n) is 19.6. The van der Waals surface area contributed by atoms with Crippen molar-refractivity contribution in [1.82, 2.24) is 4.90 Å². The van der Waals surface area contributed by atoms with Crippen molar-refractivity contribution in [2.45, 2.75) is 18.7 Å². The van der Waals surface area contributed by atoms with Gasteiger partial charge in [0.15, 0.2) is 17.6 Å². The molecule has 5 rings (SSSR count). The summed E-state index contributed by atoms with van der Waals surface area (Å²) in [5.74, 6) is -1.51. The predicted molar refractivity (Wildman–Crippen MR) is 128 cm³/mol. The number of benzene rings is 3. The highest BCUT2D eigenvalue weighted by molar-refractivity contribution is 6.07.